The number of carbonyl (C=O) groups is 2. The van der Waals surface area contributed by atoms with E-state index in [2.05, 4.69) is 9.29 Å². The fraction of sp³-hybridized carbons (Fsp3) is 0.308. The van der Waals surface area contributed by atoms with E-state index in [1.54, 1.807) is 36.4 Å². The number of ether oxygens (including phenoxy) is 1. The molecule has 0 aliphatic heterocycles. The maximum absolute atomic E-state index is 14.2. The van der Waals surface area contributed by atoms with Gasteiger partial charge in [0.2, 0.25) is 15.8 Å². The molecule has 1 aromatic heterocycles. The zero-order chi connectivity index (χ0) is 25.2. The first-order chi connectivity index (χ1) is 16.7. The molecule has 1 fully saturated rings. The van der Waals surface area contributed by atoms with Crippen molar-refractivity contribution in [1.82, 2.24) is 9.29 Å². The highest BCUT2D eigenvalue weighted by atomic mass is 32.2. The summed E-state index contributed by atoms with van der Waals surface area (Å²) in [4.78, 5) is 25.2. The molecule has 7 nitrogen and oxygen atoms in total. The third-order valence-electron chi connectivity index (χ3n) is 6.03. The minimum absolute atomic E-state index is 0.0300. The minimum atomic E-state index is -4.37. The predicted molar refractivity (Wildman–Crippen MR) is 128 cm³/mol. The number of rotatable bonds is 10. The third kappa shape index (κ3) is 5.68. The van der Waals surface area contributed by atoms with Gasteiger partial charge in [0.1, 0.15) is 16.8 Å². The summed E-state index contributed by atoms with van der Waals surface area (Å²) in [5, 5.41) is 0. The highest BCUT2D eigenvalue weighted by Crippen LogP contribution is 2.38. The van der Waals surface area contributed by atoms with Gasteiger partial charge in [-0.15, -0.1) is 0 Å². The summed E-state index contributed by atoms with van der Waals surface area (Å²) in [7, 11) is -4.37. The molecule has 1 unspecified atom stereocenters. The minimum Gasteiger partial charge on any atom is -0.456 e. The molecule has 1 aliphatic carbocycles. The first-order valence-corrected chi connectivity index (χ1v) is 12.8. The Morgan fingerprint density at radius 2 is 1.74 bits per heavy atom. The van der Waals surface area contributed by atoms with Gasteiger partial charge in [0, 0.05) is 23.0 Å². The van der Waals surface area contributed by atoms with E-state index in [0.29, 0.717) is 17.2 Å². The smallest absolute Gasteiger partial charge is 0.324 e. The summed E-state index contributed by atoms with van der Waals surface area (Å²) in [5.41, 5.74) is 2.95. The Labute approximate surface area is 204 Å². The molecule has 0 saturated heterocycles. The molecule has 1 N–H and O–H groups in total. The summed E-state index contributed by atoms with van der Waals surface area (Å²) >= 11 is 0. The average molecular weight is 499 g/mol. The van der Waals surface area contributed by atoms with Gasteiger partial charge in [0.25, 0.3) is 0 Å². The van der Waals surface area contributed by atoms with Crippen LogP contribution in [0.1, 0.15) is 46.2 Å². The highest BCUT2D eigenvalue weighted by molar-refractivity contribution is 7.89. The molecule has 3 aromatic rings. The van der Waals surface area contributed by atoms with E-state index in [1.807, 2.05) is 13.8 Å². The van der Waals surface area contributed by atoms with Gasteiger partial charge in [-0.1, -0.05) is 42.5 Å². The van der Waals surface area contributed by atoms with E-state index in [9.17, 15) is 22.4 Å². The summed E-state index contributed by atoms with van der Waals surface area (Å²) in [5.74, 6) is -2.22. The van der Waals surface area contributed by atoms with Crippen LogP contribution in [0.25, 0.3) is 0 Å². The van der Waals surface area contributed by atoms with Crippen LogP contribution in [0.5, 0.6) is 0 Å². The van der Waals surface area contributed by atoms with E-state index in [0.717, 1.165) is 36.4 Å². The van der Waals surface area contributed by atoms with Crippen LogP contribution < -0.4 is 4.72 Å². The molecule has 9 heteroatoms. The number of aromatic nitrogens is 1. The third-order valence-corrected chi connectivity index (χ3v) is 7.54. The molecule has 0 amide bonds. The zero-order valence-corrected chi connectivity index (χ0v) is 20.3. The van der Waals surface area contributed by atoms with Gasteiger partial charge in [-0.3, -0.25) is 9.59 Å². The second kappa shape index (κ2) is 10.1. The van der Waals surface area contributed by atoms with Crippen LogP contribution in [0.4, 0.5) is 4.39 Å². The van der Waals surface area contributed by atoms with Crippen molar-refractivity contribution in [2.75, 3.05) is 6.61 Å². The second-order valence-electron chi connectivity index (χ2n) is 8.71. The maximum Gasteiger partial charge on any atom is 0.324 e. The van der Waals surface area contributed by atoms with Gasteiger partial charge < -0.3 is 9.30 Å². The Bertz CT molecular complexity index is 1350. The first kappa shape index (κ1) is 24.8. The summed E-state index contributed by atoms with van der Waals surface area (Å²) < 4.78 is 49.5. The topological polar surface area (TPSA) is 94.5 Å². The van der Waals surface area contributed by atoms with E-state index < -0.39 is 39.4 Å². The first-order valence-electron chi connectivity index (χ1n) is 11.4. The number of sulfonamides is 1. The molecule has 1 saturated carbocycles. The van der Waals surface area contributed by atoms with Crippen molar-refractivity contribution >= 4 is 21.8 Å². The largest absolute Gasteiger partial charge is 0.456 e. The molecular formula is C26H27FN2O5S. The Balaban J connectivity index is 1.51. The van der Waals surface area contributed by atoms with Crippen molar-refractivity contribution in [3.8, 4) is 0 Å². The quantitative estimate of drug-likeness (QED) is 0.338. The number of nitrogens with zero attached hydrogens (tertiary/aromatic N) is 1. The predicted octanol–water partition coefficient (Wildman–Crippen LogP) is 3.89. The number of nitrogens with one attached hydrogen (secondary N) is 1. The molecule has 0 spiro atoms. The van der Waals surface area contributed by atoms with Gasteiger partial charge in [-0.2, -0.15) is 4.72 Å². The molecule has 0 bridgehead atoms. The number of esters is 1. The van der Waals surface area contributed by atoms with Crippen LogP contribution in [-0.2, 0) is 26.0 Å². The van der Waals surface area contributed by atoms with Gasteiger partial charge in [-0.25, -0.2) is 12.8 Å². The molecular weight excluding hydrogens is 471 g/mol. The lowest BCUT2D eigenvalue weighted by molar-refractivity contribution is -0.144. The highest BCUT2D eigenvalue weighted by Gasteiger charge is 2.31. The number of halogens is 1. The fourth-order valence-corrected chi connectivity index (χ4v) is 5.47. The van der Waals surface area contributed by atoms with Gasteiger partial charge >= 0.3 is 5.97 Å². The molecule has 2 aromatic carbocycles. The van der Waals surface area contributed by atoms with Crippen LogP contribution in [0.2, 0.25) is 0 Å². The SMILES string of the molecule is Cc1cc(C(=O)COC(=O)C(Cc2ccccc2)NS(=O)(=O)c2ccccc2F)c(C)n1C1CC1. The number of Topliss-reactive ketones (excluding diaryl/α,β-unsaturated/α-hetero) is 1. The van der Waals surface area contributed by atoms with Crippen molar-refractivity contribution < 1.29 is 27.1 Å². The summed E-state index contributed by atoms with van der Waals surface area (Å²) in [6.45, 7) is 3.27. The number of hydrogen-bond donors (Lipinski definition) is 1. The Morgan fingerprint density at radius 3 is 2.40 bits per heavy atom. The van der Waals surface area contributed by atoms with Gasteiger partial charge in [-0.05, 0) is 56.9 Å². The zero-order valence-electron chi connectivity index (χ0n) is 19.5. The Morgan fingerprint density at radius 1 is 1.09 bits per heavy atom. The lowest BCUT2D eigenvalue weighted by Crippen LogP contribution is -2.44. The van der Waals surface area contributed by atoms with E-state index >= 15 is 0 Å². The monoisotopic (exact) mass is 498 g/mol. The molecule has 0 radical (unpaired) electrons. The van der Waals surface area contributed by atoms with Crippen LogP contribution in [0, 0.1) is 19.7 Å². The molecule has 1 heterocycles. The molecule has 4 rings (SSSR count). The number of hydrogen-bond acceptors (Lipinski definition) is 5. The number of aryl methyl sites for hydroxylation is 1. The number of carbonyl (C=O) groups excluding carboxylic acids is 2. The molecule has 1 atom stereocenters. The second-order valence-corrected chi connectivity index (χ2v) is 10.4. The van der Waals surface area contributed by atoms with Crippen LogP contribution in [-0.4, -0.2) is 37.4 Å². The molecule has 184 valence electrons. The Kier molecular flexibility index (Phi) is 7.18. The van der Waals surface area contributed by atoms with Crippen molar-refractivity contribution in [2.24, 2.45) is 0 Å². The van der Waals surface area contributed by atoms with Crippen molar-refractivity contribution in [3.63, 3.8) is 0 Å². The van der Waals surface area contributed by atoms with Gasteiger partial charge in [0.05, 0.1) is 0 Å². The lowest BCUT2D eigenvalue weighted by Gasteiger charge is -2.18. The molecule has 1 aliphatic rings. The van der Waals surface area contributed by atoms with Crippen molar-refractivity contribution in [2.45, 2.75) is 50.1 Å². The van der Waals surface area contributed by atoms with Gasteiger partial charge in [0.15, 0.2) is 6.61 Å². The number of benzene rings is 2. The normalized spacial score (nSPS) is 14.5. The maximum atomic E-state index is 14.2. The summed E-state index contributed by atoms with van der Waals surface area (Å²) in [6, 6.07) is 14.5. The van der Waals surface area contributed by atoms with Crippen LogP contribution in [0.3, 0.4) is 0 Å². The van der Waals surface area contributed by atoms with E-state index in [-0.39, 0.29) is 12.2 Å². The van der Waals surface area contributed by atoms with E-state index in [4.69, 9.17) is 4.74 Å². The Hall–Kier alpha value is -3.30. The molecule has 35 heavy (non-hydrogen) atoms. The van der Waals surface area contributed by atoms with Crippen molar-refractivity contribution in [1.29, 1.82) is 0 Å². The fourth-order valence-electron chi connectivity index (χ4n) is 4.21. The summed E-state index contributed by atoms with van der Waals surface area (Å²) in [6.07, 6.45) is 2.11. The lowest BCUT2D eigenvalue weighted by atomic mass is 10.1. The van der Waals surface area contributed by atoms with Crippen molar-refractivity contribution in [3.05, 3.63) is 89.0 Å². The van der Waals surface area contributed by atoms with E-state index in [1.165, 1.54) is 12.1 Å². The standard InChI is InChI=1S/C26H27FN2O5S/c1-17-14-21(18(2)29(17)20-12-13-20)24(30)16-34-26(31)23(15-19-8-4-3-5-9-19)28-35(32,33)25-11-7-6-10-22(25)27/h3-11,14,20,23,28H,12-13,15-16H2,1-2H3. The van der Waals surface area contributed by atoms with Crippen LogP contribution >= 0.6 is 0 Å². The van der Waals surface area contributed by atoms with Crippen LogP contribution in [0.15, 0.2) is 65.6 Å². The number of ketones is 1. The average Bonchev–Trinajstić information content (AvgIpc) is 3.61.